The van der Waals surface area contributed by atoms with Gasteiger partial charge in [-0.15, -0.1) is 11.3 Å². The predicted octanol–water partition coefficient (Wildman–Crippen LogP) is 1.88. The van der Waals surface area contributed by atoms with Gasteiger partial charge in [0.2, 0.25) is 0 Å². The number of hydrogen-bond donors (Lipinski definition) is 1. The highest BCUT2D eigenvalue weighted by Crippen LogP contribution is 2.29. The molecule has 7 heteroatoms. The topological polar surface area (TPSA) is 75.4 Å². The van der Waals surface area contributed by atoms with Crippen LogP contribution in [0, 0.1) is 12.8 Å². The molecule has 1 fully saturated rings. The second-order valence-electron chi connectivity index (χ2n) is 5.44. The lowest BCUT2D eigenvalue weighted by atomic mass is 9.97. The fraction of sp³-hybridized carbons (Fsp3) is 0.500. The number of aryl methyl sites for hydroxylation is 2. The summed E-state index contributed by atoms with van der Waals surface area (Å²) in [5.41, 5.74) is 0.924. The van der Waals surface area contributed by atoms with Gasteiger partial charge in [-0.2, -0.15) is 5.10 Å². The zero-order valence-electron chi connectivity index (χ0n) is 12.0. The largest absolute Gasteiger partial charge is 0.481 e. The van der Waals surface area contributed by atoms with Crippen LogP contribution in [-0.4, -0.2) is 44.8 Å². The fourth-order valence-electron chi connectivity index (χ4n) is 2.80. The van der Waals surface area contributed by atoms with Crippen molar-refractivity contribution in [2.24, 2.45) is 13.0 Å². The van der Waals surface area contributed by atoms with Crippen LogP contribution >= 0.6 is 11.3 Å². The van der Waals surface area contributed by atoms with E-state index in [-0.39, 0.29) is 11.8 Å². The molecule has 2 aromatic heterocycles. The van der Waals surface area contributed by atoms with Crippen LogP contribution in [0.4, 0.5) is 0 Å². The Labute approximate surface area is 126 Å². The number of rotatable bonds is 2. The first-order valence-electron chi connectivity index (χ1n) is 6.92. The number of hydrogen-bond acceptors (Lipinski definition) is 4. The molecule has 0 unspecified atom stereocenters. The smallest absolute Gasteiger partial charge is 0.306 e. The third-order valence-electron chi connectivity index (χ3n) is 4.04. The molecule has 0 atom stereocenters. The summed E-state index contributed by atoms with van der Waals surface area (Å²) in [5.74, 6) is -1.08. The van der Waals surface area contributed by atoms with Gasteiger partial charge in [-0.05, 0) is 25.8 Å². The lowest BCUT2D eigenvalue weighted by Crippen LogP contribution is -2.39. The molecule has 112 valence electrons. The highest BCUT2D eigenvalue weighted by molar-refractivity contribution is 7.20. The molecule has 21 heavy (non-hydrogen) atoms. The molecule has 0 radical (unpaired) electrons. The summed E-state index contributed by atoms with van der Waals surface area (Å²) in [7, 11) is 1.87. The quantitative estimate of drug-likeness (QED) is 0.919. The maximum absolute atomic E-state index is 12.5. The normalized spacial score (nSPS) is 16.6. The molecule has 1 amide bonds. The third-order valence-corrected chi connectivity index (χ3v) is 5.23. The Kier molecular flexibility index (Phi) is 3.44. The minimum Gasteiger partial charge on any atom is -0.481 e. The van der Waals surface area contributed by atoms with Crippen molar-refractivity contribution in [1.82, 2.24) is 14.7 Å². The van der Waals surface area contributed by atoms with Crippen molar-refractivity contribution in [1.29, 1.82) is 0 Å². The SMILES string of the molecule is Cc1nn(C)c2sc(C(=O)N3CCC(C(=O)O)CC3)cc12. The lowest BCUT2D eigenvalue weighted by molar-refractivity contribution is -0.143. The number of aliphatic carboxylic acids is 1. The van der Waals surface area contributed by atoms with Crippen molar-refractivity contribution < 1.29 is 14.7 Å². The van der Waals surface area contributed by atoms with E-state index in [1.54, 1.807) is 9.58 Å². The van der Waals surface area contributed by atoms with E-state index in [0.717, 1.165) is 15.9 Å². The Morgan fingerprint density at radius 2 is 2.05 bits per heavy atom. The molecule has 6 nitrogen and oxygen atoms in total. The number of piperidine rings is 1. The van der Waals surface area contributed by atoms with Crippen LogP contribution in [0.5, 0.6) is 0 Å². The molecule has 2 aromatic rings. The summed E-state index contributed by atoms with van der Waals surface area (Å²) >= 11 is 1.45. The van der Waals surface area contributed by atoms with Gasteiger partial charge in [-0.3, -0.25) is 14.3 Å². The number of carbonyl (C=O) groups is 2. The van der Waals surface area contributed by atoms with Crippen molar-refractivity contribution in [3.8, 4) is 0 Å². The fourth-order valence-corrected chi connectivity index (χ4v) is 3.89. The Balaban J connectivity index is 1.78. The maximum atomic E-state index is 12.5. The number of fused-ring (bicyclic) bond motifs is 1. The van der Waals surface area contributed by atoms with E-state index in [4.69, 9.17) is 5.11 Å². The molecule has 0 aromatic carbocycles. The van der Waals surface area contributed by atoms with Crippen LogP contribution in [0.3, 0.4) is 0 Å². The summed E-state index contributed by atoms with van der Waals surface area (Å²) < 4.78 is 1.79. The van der Waals surface area contributed by atoms with Crippen molar-refractivity contribution in [3.63, 3.8) is 0 Å². The standard InChI is InChI=1S/C14H17N3O3S/c1-8-10-7-11(21-13(10)16(2)15-8)12(18)17-5-3-9(4-6-17)14(19)20/h7,9H,3-6H2,1-2H3,(H,19,20). The molecule has 0 saturated carbocycles. The van der Waals surface area contributed by atoms with Gasteiger partial charge in [0.05, 0.1) is 16.5 Å². The van der Waals surface area contributed by atoms with Gasteiger partial charge in [0.15, 0.2) is 0 Å². The number of likely N-dealkylation sites (tertiary alicyclic amines) is 1. The van der Waals surface area contributed by atoms with Crippen molar-refractivity contribution in [3.05, 3.63) is 16.6 Å². The first-order valence-corrected chi connectivity index (χ1v) is 7.74. The summed E-state index contributed by atoms with van der Waals surface area (Å²) in [5, 5.41) is 14.3. The Morgan fingerprint density at radius 1 is 1.38 bits per heavy atom. The molecular formula is C14H17N3O3S. The van der Waals surface area contributed by atoms with E-state index in [2.05, 4.69) is 5.10 Å². The molecule has 1 aliphatic heterocycles. The molecule has 1 saturated heterocycles. The Morgan fingerprint density at radius 3 is 2.62 bits per heavy atom. The van der Waals surface area contributed by atoms with E-state index < -0.39 is 5.97 Å². The van der Waals surface area contributed by atoms with Crippen LogP contribution in [-0.2, 0) is 11.8 Å². The highest BCUT2D eigenvalue weighted by Gasteiger charge is 2.28. The second-order valence-corrected chi connectivity index (χ2v) is 6.47. The van der Waals surface area contributed by atoms with E-state index in [9.17, 15) is 9.59 Å². The van der Waals surface area contributed by atoms with Gasteiger partial charge in [0, 0.05) is 25.5 Å². The van der Waals surface area contributed by atoms with Crippen LogP contribution < -0.4 is 0 Å². The number of carboxylic acids is 1. The van der Waals surface area contributed by atoms with E-state index in [1.165, 1.54) is 11.3 Å². The van der Waals surface area contributed by atoms with Gasteiger partial charge in [-0.25, -0.2) is 0 Å². The third kappa shape index (κ3) is 2.42. The van der Waals surface area contributed by atoms with Gasteiger partial charge < -0.3 is 10.0 Å². The number of thiophene rings is 1. The number of carboxylic acid groups (broad SMARTS) is 1. The highest BCUT2D eigenvalue weighted by atomic mass is 32.1. The molecule has 0 aliphatic carbocycles. The number of aromatic nitrogens is 2. The summed E-state index contributed by atoms with van der Waals surface area (Å²) in [6.45, 7) is 2.96. The number of carbonyl (C=O) groups excluding carboxylic acids is 1. The summed E-state index contributed by atoms with van der Waals surface area (Å²) in [6, 6.07) is 1.90. The summed E-state index contributed by atoms with van der Waals surface area (Å²) in [4.78, 5) is 26.9. The Hall–Kier alpha value is -1.89. The number of amides is 1. The minimum atomic E-state index is -0.759. The summed E-state index contributed by atoms with van der Waals surface area (Å²) in [6.07, 6.45) is 1.07. The van der Waals surface area contributed by atoms with E-state index in [1.807, 2.05) is 20.0 Å². The molecule has 1 aliphatic rings. The van der Waals surface area contributed by atoms with Gasteiger partial charge in [0.25, 0.3) is 5.91 Å². The lowest BCUT2D eigenvalue weighted by Gasteiger charge is -2.29. The zero-order valence-corrected chi connectivity index (χ0v) is 12.8. The first-order chi connectivity index (χ1) is 9.97. The molecule has 3 rings (SSSR count). The van der Waals surface area contributed by atoms with Crippen LogP contribution in [0.1, 0.15) is 28.2 Å². The first kappa shape index (κ1) is 14.1. The Bertz CT molecular complexity index is 676. The predicted molar refractivity (Wildman–Crippen MR) is 79.6 cm³/mol. The monoisotopic (exact) mass is 307 g/mol. The molecule has 0 bridgehead atoms. The van der Waals surface area contributed by atoms with Gasteiger partial charge >= 0.3 is 5.97 Å². The maximum Gasteiger partial charge on any atom is 0.306 e. The number of nitrogens with zero attached hydrogens (tertiary/aromatic N) is 3. The zero-order chi connectivity index (χ0) is 15.1. The molecular weight excluding hydrogens is 290 g/mol. The molecule has 3 heterocycles. The van der Waals surface area contributed by atoms with Crippen molar-refractivity contribution >= 4 is 33.4 Å². The molecule has 0 spiro atoms. The second kappa shape index (κ2) is 5.14. The van der Waals surface area contributed by atoms with Crippen LogP contribution in [0.15, 0.2) is 6.07 Å². The van der Waals surface area contributed by atoms with Gasteiger partial charge in [0.1, 0.15) is 4.83 Å². The molecule has 1 N–H and O–H groups in total. The van der Waals surface area contributed by atoms with E-state index in [0.29, 0.717) is 30.8 Å². The van der Waals surface area contributed by atoms with Crippen LogP contribution in [0.2, 0.25) is 0 Å². The average molecular weight is 307 g/mol. The van der Waals surface area contributed by atoms with Crippen molar-refractivity contribution in [2.75, 3.05) is 13.1 Å². The van der Waals surface area contributed by atoms with Crippen LogP contribution in [0.25, 0.3) is 10.2 Å². The van der Waals surface area contributed by atoms with Crippen molar-refractivity contribution in [2.45, 2.75) is 19.8 Å². The van der Waals surface area contributed by atoms with Gasteiger partial charge in [-0.1, -0.05) is 0 Å². The van der Waals surface area contributed by atoms with E-state index >= 15 is 0 Å². The average Bonchev–Trinajstić information content (AvgIpc) is 3.01. The minimum absolute atomic E-state index is 0.000520.